The molecule has 0 saturated carbocycles. The highest BCUT2D eigenvalue weighted by Crippen LogP contribution is 2.40. The van der Waals surface area contributed by atoms with E-state index in [0.717, 1.165) is 5.69 Å². The number of halogens is 2. The molecule has 2 aliphatic rings. The minimum Gasteiger partial charge on any atom is -0.491 e. The monoisotopic (exact) mass is 610 g/mol. The Hall–Kier alpha value is -2.38. The second-order valence-corrected chi connectivity index (χ2v) is 12.6. The number of imidazole rings is 1. The van der Waals surface area contributed by atoms with Crippen molar-refractivity contribution in [3.63, 3.8) is 0 Å². The molecule has 2 saturated heterocycles. The highest BCUT2D eigenvalue weighted by atomic mass is 35.5. The first kappa shape index (κ1) is 29.1. The molecular formula is C27H32Cl2N4O6S. The van der Waals surface area contributed by atoms with Crippen molar-refractivity contribution in [2.45, 2.75) is 18.4 Å². The van der Waals surface area contributed by atoms with Gasteiger partial charge in [0.05, 0.1) is 36.9 Å². The normalized spacial score (nSPS) is 22.1. The Balaban J connectivity index is 1.17. The molecule has 0 radical (unpaired) electrons. The van der Waals surface area contributed by atoms with Crippen LogP contribution in [0, 0.1) is 0 Å². The molecule has 2 atom stereocenters. The third-order valence-corrected chi connectivity index (χ3v) is 9.35. The molecule has 0 bridgehead atoms. The number of rotatable bonds is 11. The van der Waals surface area contributed by atoms with Gasteiger partial charge >= 0.3 is 0 Å². The van der Waals surface area contributed by atoms with Crippen LogP contribution in [0.5, 0.6) is 5.75 Å². The Kier molecular flexibility index (Phi) is 9.21. The Labute approximate surface area is 244 Å². The van der Waals surface area contributed by atoms with E-state index in [4.69, 9.17) is 42.1 Å². The lowest BCUT2D eigenvalue weighted by Gasteiger charge is -2.35. The molecule has 3 aromatic rings. The Morgan fingerprint density at radius 3 is 2.55 bits per heavy atom. The van der Waals surface area contributed by atoms with Gasteiger partial charge in [-0.05, 0) is 36.4 Å². The summed E-state index contributed by atoms with van der Waals surface area (Å²) in [6.45, 7) is 3.29. The molecule has 3 heterocycles. The second-order valence-electron chi connectivity index (χ2n) is 9.66. The van der Waals surface area contributed by atoms with Gasteiger partial charge in [-0.1, -0.05) is 29.3 Å². The molecule has 2 unspecified atom stereocenters. The van der Waals surface area contributed by atoms with Gasteiger partial charge in [0.25, 0.3) is 0 Å². The lowest BCUT2D eigenvalue weighted by atomic mass is 10.1. The summed E-state index contributed by atoms with van der Waals surface area (Å²) >= 11 is 12.7. The van der Waals surface area contributed by atoms with E-state index in [2.05, 4.69) is 9.88 Å². The number of ether oxygens (including phenoxy) is 4. The van der Waals surface area contributed by atoms with Crippen molar-refractivity contribution >= 4 is 38.9 Å². The molecule has 0 N–H and O–H groups in total. The van der Waals surface area contributed by atoms with Gasteiger partial charge < -0.3 is 28.4 Å². The topological polar surface area (TPSA) is 95.4 Å². The second kappa shape index (κ2) is 12.6. The summed E-state index contributed by atoms with van der Waals surface area (Å²) in [5.41, 5.74) is 1.70. The van der Waals surface area contributed by atoms with Crippen molar-refractivity contribution in [1.82, 2.24) is 13.9 Å². The molecule has 1 aromatic heterocycles. The summed E-state index contributed by atoms with van der Waals surface area (Å²) < 4.78 is 51.9. The van der Waals surface area contributed by atoms with Crippen LogP contribution in [0.4, 0.5) is 5.69 Å². The van der Waals surface area contributed by atoms with E-state index in [0.29, 0.717) is 60.7 Å². The van der Waals surface area contributed by atoms with Gasteiger partial charge in [-0.2, -0.15) is 4.31 Å². The smallest absolute Gasteiger partial charge is 0.216 e. The number of aromatic nitrogens is 2. The largest absolute Gasteiger partial charge is 0.491 e. The summed E-state index contributed by atoms with van der Waals surface area (Å²) in [7, 11) is -1.79. The first-order valence-corrected chi connectivity index (χ1v) is 15.3. The number of methoxy groups -OCH3 is 1. The number of nitrogens with zero attached hydrogens (tertiary/aromatic N) is 4. The zero-order valence-electron chi connectivity index (χ0n) is 22.1. The summed E-state index contributed by atoms with van der Waals surface area (Å²) in [4.78, 5) is 6.29. The summed E-state index contributed by atoms with van der Waals surface area (Å²) in [6, 6.07) is 13.0. The fourth-order valence-corrected chi connectivity index (χ4v) is 6.77. The lowest BCUT2D eigenvalue weighted by molar-refractivity contribution is -0.189. The van der Waals surface area contributed by atoms with Gasteiger partial charge in [-0.15, -0.1) is 0 Å². The SMILES string of the molecule is COCCS(=O)(=O)N1CCN(c2ccc(OCC3COC(Cn4ccnc4)(c4ccc(Cl)cc4Cl)O3)cc2)CC1. The number of piperazine rings is 1. The maximum absolute atomic E-state index is 12.4. The highest BCUT2D eigenvalue weighted by molar-refractivity contribution is 7.89. The minimum atomic E-state index is -3.30. The van der Waals surface area contributed by atoms with Crippen molar-refractivity contribution in [1.29, 1.82) is 0 Å². The van der Waals surface area contributed by atoms with Crippen LogP contribution < -0.4 is 9.64 Å². The van der Waals surface area contributed by atoms with Crippen molar-refractivity contribution in [3.05, 3.63) is 76.8 Å². The summed E-state index contributed by atoms with van der Waals surface area (Å²) in [5.74, 6) is -0.410. The Morgan fingerprint density at radius 1 is 1.10 bits per heavy atom. The third kappa shape index (κ3) is 6.73. The number of hydrogen-bond donors (Lipinski definition) is 0. The molecule has 0 amide bonds. The maximum Gasteiger partial charge on any atom is 0.216 e. The zero-order chi connectivity index (χ0) is 28.2. The van der Waals surface area contributed by atoms with Crippen LogP contribution >= 0.6 is 23.2 Å². The minimum absolute atomic E-state index is 0.00268. The zero-order valence-corrected chi connectivity index (χ0v) is 24.4. The first-order valence-electron chi connectivity index (χ1n) is 13.0. The molecule has 10 nitrogen and oxygen atoms in total. The van der Waals surface area contributed by atoms with E-state index in [1.807, 2.05) is 41.1 Å². The predicted octanol–water partition coefficient (Wildman–Crippen LogP) is 3.64. The van der Waals surface area contributed by atoms with Crippen LogP contribution in [-0.4, -0.2) is 87.2 Å². The summed E-state index contributed by atoms with van der Waals surface area (Å²) in [5, 5.41) is 0.986. The number of benzene rings is 2. The van der Waals surface area contributed by atoms with E-state index < -0.39 is 15.8 Å². The van der Waals surface area contributed by atoms with Crippen molar-refractivity contribution in [3.8, 4) is 5.75 Å². The van der Waals surface area contributed by atoms with Gasteiger partial charge in [-0.25, -0.2) is 13.4 Å². The number of sulfonamides is 1. The molecule has 216 valence electrons. The van der Waals surface area contributed by atoms with Gasteiger partial charge in [0, 0.05) is 62.0 Å². The molecule has 2 aromatic carbocycles. The molecule has 13 heteroatoms. The molecule has 0 aliphatic carbocycles. The van der Waals surface area contributed by atoms with Gasteiger partial charge in [-0.3, -0.25) is 0 Å². The molecular weight excluding hydrogens is 579 g/mol. The van der Waals surface area contributed by atoms with Crippen LogP contribution in [0.1, 0.15) is 5.56 Å². The summed E-state index contributed by atoms with van der Waals surface area (Å²) in [6.07, 6.45) is 4.90. The van der Waals surface area contributed by atoms with Gasteiger partial charge in [0.2, 0.25) is 15.8 Å². The van der Waals surface area contributed by atoms with E-state index in [9.17, 15) is 8.42 Å². The van der Waals surface area contributed by atoms with E-state index in [-0.39, 0.29) is 25.1 Å². The fraction of sp³-hybridized carbons (Fsp3) is 0.444. The predicted molar refractivity (Wildman–Crippen MR) is 153 cm³/mol. The van der Waals surface area contributed by atoms with E-state index >= 15 is 0 Å². The van der Waals surface area contributed by atoms with Crippen LogP contribution in [0.15, 0.2) is 61.2 Å². The first-order chi connectivity index (χ1) is 19.3. The van der Waals surface area contributed by atoms with Crippen LogP contribution in [0.25, 0.3) is 0 Å². The molecule has 40 heavy (non-hydrogen) atoms. The maximum atomic E-state index is 12.4. The lowest BCUT2D eigenvalue weighted by Crippen LogP contribution is -2.49. The van der Waals surface area contributed by atoms with Crippen LogP contribution in [-0.2, 0) is 36.6 Å². The highest BCUT2D eigenvalue weighted by Gasteiger charge is 2.45. The molecule has 0 spiro atoms. The molecule has 2 fully saturated rings. The standard InChI is InChI=1S/C27H32Cl2N4O6S/c1-36-14-15-40(34,35)33-12-10-32(11-13-33)22-3-5-23(6-4-22)37-17-24-18-38-27(39-24,19-31-9-8-30-20-31)25-7-2-21(28)16-26(25)29/h2-9,16,20,24H,10-15,17-19H2,1H3. The third-order valence-electron chi connectivity index (χ3n) is 6.97. The quantitative estimate of drug-likeness (QED) is 0.325. The number of anilines is 1. The van der Waals surface area contributed by atoms with E-state index in [1.54, 1.807) is 24.7 Å². The van der Waals surface area contributed by atoms with E-state index in [1.165, 1.54) is 11.4 Å². The fourth-order valence-electron chi connectivity index (χ4n) is 4.86. The van der Waals surface area contributed by atoms with Crippen LogP contribution in [0.2, 0.25) is 10.0 Å². The average molecular weight is 612 g/mol. The average Bonchev–Trinajstić information content (AvgIpc) is 3.62. The number of hydrogen-bond acceptors (Lipinski definition) is 8. The van der Waals surface area contributed by atoms with Crippen LogP contribution in [0.3, 0.4) is 0 Å². The molecule has 2 aliphatic heterocycles. The molecule has 5 rings (SSSR count). The van der Waals surface area contributed by atoms with Crippen molar-refractivity contribution in [2.75, 3.05) is 63.8 Å². The Bertz CT molecular complexity index is 1370. The van der Waals surface area contributed by atoms with Crippen molar-refractivity contribution in [2.24, 2.45) is 0 Å². The van der Waals surface area contributed by atoms with Gasteiger partial charge in [0.15, 0.2) is 0 Å². The van der Waals surface area contributed by atoms with Crippen molar-refractivity contribution < 1.29 is 27.4 Å². The van der Waals surface area contributed by atoms with Gasteiger partial charge in [0.1, 0.15) is 18.5 Å². The Morgan fingerprint density at radius 2 is 1.88 bits per heavy atom.